The van der Waals surface area contributed by atoms with Gasteiger partial charge in [-0.05, 0) is 25.1 Å². The number of nitrogens with zero attached hydrogens (tertiary/aromatic N) is 2. The Morgan fingerprint density at radius 2 is 1.81 bits per heavy atom. The highest BCUT2D eigenvalue weighted by molar-refractivity contribution is 6.31. The standard InChI is InChI=1S/C19H13ClF3N3O/c1-11-14(10-24-17(25-11)12-5-3-2-4-6-12)18(27)26-13-7-8-16(20)15(9-13)19(21,22)23/h2-10H,1H3,(H,26,27). The van der Waals surface area contributed by atoms with Gasteiger partial charge in [-0.3, -0.25) is 4.79 Å². The van der Waals surface area contributed by atoms with Gasteiger partial charge < -0.3 is 5.32 Å². The van der Waals surface area contributed by atoms with Gasteiger partial charge in [-0.1, -0.05) is 41.9 Å². The zero-order chi connectivity index (χ0) is 19.6. The Bertz CT molecular complexity index is 991. The third-order valence-corrected chi connectivity index (χ3v) is 4.12. The van der Waals surface area contributed by atoms with Gasteiger partial charge in [0.1, 0.15) is 0 Å². The van der Waals surface area contributed by atoms with Crippen LogP contribution in [0, 0.1) is 6.92 Å². The number of hydrogen-bond acceptors (Lipinski definition) is 3. The molecule has 0 fully saturated rings. The fraction of sp³-hybridized carbons (Fsp3) is 0.105. The summed E-state index contributed by atoms with van der Waals surface area (Å²) in [7, 11) is 0. The minimum Gasteiger partial charge on any atom is -0.322 e. The fourth-order valence-electron chi connectivity index (χ4n) is 2.43. The van der Waals surface area contributed by atoms with Crippen LogP contribution in [0.2, 0.25) is 5.02 Å². The second-order valence-electron chi connectivity index (χ2n) is 5.71. The van der Waals surface area contributed by atoms with E-state index in [1.165, 1.54) is 12.3 Å². The zero-order valence-electron chi connectivity index (χ0n) is 14.0. The Morgan fingerprint density at radius 3 is 2.44 bits per heavy atom. The highest BCUT2D eigenvalue weighted by atomic mass is 35.5. The monoisotopic (exact) mass is 391 g/mol. The van der Waals surface area contributed by atoms with E-state index in [1.54, 1.807) is 6.92 Å². The molecule has 2 aromatic carbocycles. The molecule has 0 radical (unpaired) electrons. The molecule has 0 aliphatic heterocycles. The Morgan fingerprint density at radius 1 is 1.11 bits per heavy atom. The van der Waals surface area contributed by atoms with Crippen LogP contribution in [-0.4, -0.2) is 15.9 Å². The number of alkyl halides is 3. The van der Waals surface area contributed by atoms with Crippen molar-refractivity contribution in [3.63, 3.8) is 0 Å². The first-order chi connectivity index (χ1) is 12.8. The van der Waals surface area contributed by atoms with Gasteiger partial charge in [0, 0.05) is 17.4 Å². The van der Waals surface area contributed by atoms with Gasteiger partial charge in [0.25, 0.3) is 5.91 Å². The van der Waals surface area contributed by atoms with E-state index < -0.39 is 22.7 Å². The molecule has 1 heterocycles. The summed E-state index contributed by atoms with van der Waals surface area (Å²) in [5.41, 5.74) is 0.322. The summed E-state index contributed by atoms with van der Waals surface area (Å²) in [6, 6.07) is 12.4. The largest absolute Gasteiger partial charge is 0.417 e. The van der Waals surface area contributed by atoms with Gasteiger partial charge in [0.2, 0.25) is 0 Å². The van der Waals surface area contributed by atoms with Crippen molar-refractivity contribution in [3.8, 4) is 11.4 Å². The van der Waals surface area contributed by atoms with E-state index in [-0.39, 0.29) is 11.3 Å². The number of halogens is 4. The molecular formula is C19H13ClF3N3O. The maximum absolute atomic E-state index is 12.9. The summed E-state index contributed by atoms with van der Waals surface area (Å²) in [6.07, 6.45) is -3.27. The second-order valence-corrected chi connectivity index (χ2v) is 6.11. The Kier molecular flexibility index (Phi) is 5.14. The lowest BCUT2D eigenvalue weighted by atomic mass is 10.1. The number of aromatic nitrogens is 2. The predicted molar refractivity (Wildman–Crippen MR) is 96.6 cm³/mol. The SMILES string of the molecule is Cc1nc(-c2ccccc2)ncc1C(=O)Nc1ccc(Cl)c(C(F)(F)F)c1. The lowest BCUT2D eigenvalue weighted by Crippen LogP contribution is -2.16. The summed E-state index contributed by atoms with van der Waals surface area (Å²) in [5, 5.41) is 1.98. The van der Waals surface area contributed by atoms with Crippen LogP contribution in [0.15, 0.2) is 54.7 Å². The molecule has 1 amide bonds. The van der Waals surface area contributed by atoms with Crippen molar-refractivity contribution in [1.29, 1.82) is 0 Å². The van der Waals surface area contributed by atoms with Gasteiger partial charge in [-0.25, -0.2) is 9.97 Å². The third-order valence-electron chi connectivity index (χ3n) is 3.79. The number of hydrogen-bond donors (Lipinski definition) is 1. The van der Waals surface area contributed by atoms with Gasteiger partial charge in [0.15, 0.2) is 5.82 Å². The zero-order valence-corrected chi connectivity index (χ0v) is 14.8. The Balaban J connectivity index is 1.85. The molecule has 0 bridgehead atoms. The average Bonchev–Trinajstić information content (AvgIpc) is 2.63. The summed E-state index contributed by atoms with van der Waals surface area (Å²) in [6.45, 7) is 1.63. The summed E-state index contributed by atoms with van der Waals surface area (Å²) < 4.78 is 38.8. The first-order valence-corrected chi connectivity index (χ1v) is 8.20. The van der Waals surface area contributed by atoms with Crippen molar-refractivity contribution >= 4 is 23.2 Å². The topological polar surface area (TPSA) is 54.9 Å². The molecule has 1 aromatic heterocycles. The van der Waals surface area contributed by atoms with Crippen LogP contribution in [-0.2, 0) is 6.18 Å². The first kappa shape index (κ1) is 18.8. The third kappa shape index (κ3) is 4.25. The van der Waals surface area contributed by atoms with Crippen LogP contribution < -0.4 is 5.32 Å². The van der Waals surface area contributed by atoms with Gasteiger partial charge in [-0.15, -0.1) is 0 Å². The number of benzene rings is 2. The fourth-order valence-corrected chi connectivity index (χ4v) is 2.66. The van der Waals surface area contributed by atoms with Gasteiger partial charge in [-0.2, -0.15) is 13.2 Å². The highest BCUT2D eigenvalue weighted by Gasteiger charge is 2.33. The summed E-state index contributed by atoms with van der Waals surface area (Å²) in [4.78, 5) is 20.9. The molecular weight excluding hydrogens is 379 g/mol. The van der Waals surface area contributed by atoms with Crippen LogP contribution in [0.3, 0.4) is 0 Å². The molecule has 138 valence electrons. The molecule has 0 aliphatic rings. The van der Waals surface area contributed by atoms with Crippen molar-refractivity contribution in [2.45, 2.75) is 13.1 Å². The minimum atomic E-state index is -4.62. The maximum atomic E-state index is 12.9. The molecule has 0 saturated carbocycles. The second kappa shape index (κ2) is 7.36. The number of aryl methyl sites for hydroxylation is 1. The van der Waals surface area contributed by atoms with Crippen LogP contribution >= 0.6 is 11.6 Å². The van der Waals surface area contributed by atoms with E-state index in [0.29, 0.717) is 11.5 Å². The lowest BCUT2D eigenvalue weighted by molar-refractivity contribution is -0.137. The molecule has 0 atom stereocenters. The predicted octanol–water partition coefficient (Wildman–Crippen LogP) is 5.38. The molecule has 27 heavy (non-hydrogen) atoms. The van der Waals surface area contributed by atoms with Crippen molar-refractivity contribution < 1.29 is 18.0 Å². The number of nitrogens with one attached hydrogen (secondary N) is 1. The maximum Gasteiger partial charge on any atom is 0.417 e. The van der Waals surface area contributed by atoms with Crippen LogP contribution in [0.25, 0.3) is 11.4 Å². The Hall–Kier alpha value is -2.93. The number of carbonyl (C=O) groups is 1. The molecule has 1 N–H and O–H groups in total. The summed E-state index contributed by atoms with van der Waals surface area (Å²) >= 11 is 5.58. The van der Waals surface area contributed by atoms with E-state index in [2.05, 4.69) is 15.3 Å². The van der Waals surface area contributed by atoms with E-state index in [1.807, 2.05) is 30.3 Å². The molecule has 0 unspecified atom stereocenters. The molecule has 3 rings (SSSR count). The van der Waals surface area contributed by atoms with Crippen molar-refractivity contribution in [2.75, 3.05) is 5.32 Å². The van der Waals surface area contributed by atoms with Gasteiger partial charge >= 0.3 is 6.18 Å². The molecule has 0 aliphatic carbocycles. The smallest absolute Gasteiger partial charge is 0.322 e. The van der Waals surface area contributed by atoms with Crippen molar-refractivity contribution in [2.24, 2.45) is 0 Å². The van der Waals surface area contributed by atoms with Crippen LogP contribution in [0.1, 0.15) is 21.6 Å². The quantitative estimate of drug-likeness (QED) is 0.652. The molecule has 8 heteroatoms. The van der Waals surface area contributed by atoms with Crippen LogP contribution in [0.4, 0.5) is 18.9 Å². The van der Waals surface area contributed by atoms with E-state index >= 15 is 0 Å². The molecule has 4 nitrogen and oxygen atoms in total. The minimum absolute atomic E-state index is 0.0248. The average molecular weight is 392 g/mol. The molecule has 0 spiro atoms. The van der Waals surface area contributed by atoms with E-state index in [4.69, 9.17) is 11.6 Å². The normalized spacial score (nSPS) is 11.3. The number of rotatable bonds is 3. The van der Waals surface area contributed by atoms with E-state index in [0.717, 1.165) is 17.7 Å². The van der Waals surface area contributed by atoms with Crippen LogP contribution in [0.5, 0.6) is 0 Å². The lowest BCUT2D eigenvalue weighted by Gasteiger charge is -2.12. The summed E-state index contributed by atoms with van der Waals surface area (Å²) in [5.74, 6) is -0.155. The molecule has 0 saturated heterocycles. The van der Waals surface area contributed by atoms with E-state index in [9.17, 15) is 18.0 Å². The van der Waals surface area contributed by atoms with Crippen molar-refractivity contribution in [3.05, 3.63) is 76.6 Å². The van der Waals surface area contributed by atoms with Gasteiger partial charge in [0.05, 0.1) is 21.8 Å². The first-order valence-electron chi connectivity index (χ1n) is 7.83. The number of amides is 1. The number of anilines is 1. The van der Waals surface area contributed by atoms with Crippen molar-refractivity contribution in [1.82, 2.24) is 9.97 Å². The molecule has 3 aromatic rings. The number of carbonyl (C=O) groups excluding carboxylic acids is 1. The Labute approximate surface area is 158 Å². The highest BCUT2D eigenvalue weighted by Crippen LogP contribution is 2.36.